The predicted molar refractivity (Wildman–Crippen MR) is 74.5 cm³/mol. The third-order valence-corrected chi connectivity index (χ3v) is 2.40. The first-order valence-corrected chi connectivity index (χ1v) is 5.88. The first kappa shape index (κ1) is 14.9. The van der Waals surface area contributed by atoms with E-state index >= 15 is 0 Å². The van der Waals surface area contributed by atoms with Crippen molar-refractivity contribution in [2.45, 2.75) is 0 Å². The maximum atomic E-state index is 11.6. The number of methoxy groups -OCH3 is 1. The van der Waals surface area contributed by atoms with Crippen LogP contribution in [0.15, 0.2) is 18.2 Å². The second kappa shape index (κ2) is 8.01. The Kier molecular flexibility index (Phi) is 6.27. The number of amides is 1. The van der Waals surface area contributed by atoms with Crippen molar-refractivity contribution < 1.29 is 14.3 Å². The molecule has 19 heavy (non-hydrogen) atoms. The zero-order valence-corrected chi connectivity index (χ0v) is 11.2. The molecule has 1 aromatic carbocycles. The zero-order valence-electron chi connectivity index (χ0n) is 11.2. The van der Waals surface area contributed by atoms with Crippen molar-refractivity contribution >= 4 is 11.6 Å². The average molecular weight is 262 g/mol. The van der Waals surface area contributed by atoms with Crippen molar-refractivity contribution in [3.05, 3.63) is 23.8 Å². The second-order valence-corrected chi connectivity index (χ2v) is 3.69. The smallest absolute Gasteiger partial charge is 0.251 e. The third kappa shape index (κ3) is 4.53. The predicted octanol–water partition coefficient (Wildman–Crippen LogP) is 1.12. The van der Waals surface area contributed by atoms with Crippen LogP contribution in [0.2, 0.25) is 0 Å². The summed E-state index contributed by atoms with van der Waals surface area (Å²) < 4.78 is 10.5. The Morgan fingerprint density at radius 2 is 2.21 bits per heavy atom. The molecule has 0 bridgehead atoms. The molecule has 0 atom stereocenters. The highest BCUT2D eigenvalue weighted by molar-refractivity contribution is 5.95. The van der Waals surface area contributed by atoms with Crippen molar-refractivity contribution in [3.8, 4) is 18.1 Å². The van der Waals surface area contributed by atoms with E-state index in [4.69, 9.17) is 15.9 Å². The van der Waals surface area contributed by atoms with Gasteiger partial charge in [-0.3, -0.25) is 4.79 Å². The fraction of sp³-hybridized carbons (Fsp3) is 0.357. The molecule has 0 aromatic heterocycles. The fourth-order valence-electron chi connectivity index (χ4n) is 1.45. The van der Waals surface area contributed by atoms with Crippen LogP contribution in [-0.2, 0) is 4.74 Å². The zero-order chi connectivity index (χ0) is 14.1. The summed E-state index contributed by atoms with van der Waals surface area (Å²) in [7, 11) is 3.18. The summed E-state index contributed by atoms with van der Waals surface area (Å²) in [5.41, 5.74) is 1.28. The number of carbonyl (C=O) groups excluding carboxylic acids is 1. The number of hydrogen-bond acceptors (Lipinski definition) is 4. The van der Waals surface area contributed by atoms with Crippen LogP contribution in [0.1, 0.15) is 10.4 Å². The molecular formula is C14H18N2O3. The lowest BCUT2D eigenvalue weighted by Gasteiger charge is -2.13. The van der Waals surface area contributed by atoms with Crippen LogP contribution in [0.5, 0.6) is 5.75 Å². The van der Waals surface area contributed by atoms with Crippen LogP contribution >= 0.6 is 0 Å². The highest BCUT2D eigenvalue weighted by Crippen LogP contribution is 2.25. The maximum absolute atomic E-state index is 11.6. The number of carbonyl (C=O) groups is 1. The van der Waals surface area contributed by atoms with E-state index in [1.54, 1.807) is 32.4 Å². The first-order chi connectivity index (χ1) is 9.22. The summed E-state index contributed by atoms with van der Waals surface area (Å²) in [4.78, 5) is 11.6. The SMILES string of the molecule is C#CCNc1ccc(C(=O)NC)cc1OCCOC. The number of nitrogens with one attached hydrogen (secondary N) is 2. The molecule has 0 saturated carbocycles. The minimum Gasteiger partial charge on any atom is -0.489 e. The van der Waals surface area contributed by atoms with Gasteiger partial charge in [0.1, 0.15) is 12.4 Å². The lowest BCUT2D eigenvalue weighted by Crippen LogP contribution is -2.18. The van der Waals surface area contributed by atoms with Gasteiger partial charge in [-0.05, 0) is 18.2 Å². The van der Waals surface area contributed by atoms with Gasteiger partial charge in [0, 0.05) is 19.7 Å². The van der Waals surface area contributed by atoms with Gasteiger partial charge in [0.05, 0.1) is 18.8 Å². The number of terminal acetylenes is 1. The minimum atomic E-state index is -0.167. The van der Waals surface area contributed by atoms with Crippen molar-refractivity contribution in [2.24, 2.45) is 0 Å². The average Bonchev–Trinajstić information content (AvgIpc) is 2.45. The van der Waals surface area contributed by atoms with Crippen molar-refractivity contribution in [2.75, 3.05) is 39.2 Å². The molecule has 1 amide bonds. The quantitative estimate of drug-likeness (QED) is 0.571. The molecule has 0 radical (unpaired) electrons. The standard InChI is InChI=1S/C14H18N2O3/c1-4-7-16-12-6-5-11(14(17)15-2)10-13(12)19-9-8-18-3/h1,5-6,10,16H,7-9H2,2-3H3,(H,15,17). The molecule has 1 aromatic rings. The molecule has 5 nitrogen and oxygen atoms in total. The van der Waals surface area contributed by atoms with E-state index in [0.717, 1.165) is 5.69 Å². The summed E-state index contributed by atoms with van der Waals surface area (Å²) in [6.07, 6.45) is 5.21. The van der Waals surface area contributed by atoms with Gasteiger partial charge in [-0.1, -0.05) is 5.92 Å². The van der Waals surface area contributed by atoms with E-state index in [1.165, 1.54) is 0 Å². The maximum Gasteiger partial charge on any atom is 0.251 e. The van der Waals surface area contributed by atoms with E-state index < -0.39 is 0 Å². The molecule has 2 N–H and O–H groups in total. The molecule has 0 heterocycles. The topological polar surface area (TPSA) is 59.6 Å². The Morgan fingerprint density at radius 1 is 1.42 bits per heavy atom. The number of anilines is 1. The lowest BCUT2D eigenvalue weighted by molar-refractivity contribution is 0.0962. The second-order valence-electron chi connectivity index (χ2n) is 3.69. The normalized spacial score (nSPS) is 9.53. The van der Waals surface area contributed by atoms with Gasteiger partial charge >= 0.3 is 0 Å². The van der Waals surface area contributed by atoms with Crippen LogP contribution in [0.4, 0.5) is 5.69 Å². The number of ether oxygens (including phenoxy) is 2. The summed E-state index contributed by atoms with van der Waals surface area (Å²) in [5, 5.41) is 5.61. The van der Waals surface area contributed by atoms with E-state index in [2.05, 4.69) is 16.6 Å². The molecule has 0 saturated heterocycles. The molecule has 0 unspecified atom stereocenters. The largest absolute Gasteiger partial charge is 0.489 e. The minimum absolute atomic E-state index is 0.167. The van der Waals surface area contributed by atoms with Gasteiger partial charge in [-0.15, -0.1) is 6.42 Å². The Balaban J connectivity index is 2.90. The summed E-state index contributed by atoms with van der Waals surface area (Å²) in [6, 6.07) is 5.15. The van der Waals surface area contributed by atoms with Gasteiger partial charge in [-0.25, -0.2) is 0 Å². The Hall–Kier alpha value is -2.19. The van der Waals surface area contributed by atoms with Crippen LogP contribution in [0.3, 0.4) is 0 Å². The van der Waals surface area contributed by atoms with Crippen LogP contribution in [-0.4, -0.2) is 39.8 Å². The molecule has 0 aliphatic carbocycles. The Labute approximate surface area is 113 Å². The number of benzene rings is 1. The molecular weight excluding hydrogens is 244 g/mol. The highest BCUT2D eigenvalue weighted by Gasteiger charge is 2.09. The van der Waals surface area contributed by atoms with E-state index in [-0.39, 0.29) is 5.91 Å². The molecule has 0 aliphatic rings. The molecule has 0 spiro atoms. The number of hydrogen-bond donors (Lipinski definition) is 2. The monoisotopic (exact) mass is 262 g/mol. The van der Waals surface area contributed by atoms with Crippen molar-refractivity contribution in [1.29, 1.82) is 0 Å². The van der Waals surface area contributed by atoms with Gasteiger partial charge in [0.25, 0.3) is 5.91 Å². The third-order valence-electron chi connectivity index (χ3n) is 2.40. The molecule has 0 fully saturated rings. The van der Waals surface area contributed by atoms with E-state index in [9.17, 15) is 4.79 Å². The Morgan fingerprint density at radius 3 is 2.84 bits per heavy atom. The fourth-order valence-corrected chi connectivity index (χ4v) is 1.45. The molecule has 1 rings (SSSR count). The van der Waals surface area contributed by atoms with Gasteiger partial charge in [-0.2, -0.15) is 0 Å². The lowest BCUT2D eigenvalue weighted by atomic mass is 10.1. The van der Waals surface area contributed by atoms with E-state index in [1.807, 2.05) is 0 Å². The summed E-state index contributed by atoms with van der Waals surface area (Å²) >= 11 is 0. The molecule has 0 aliphatic heterocycles. The molecule has 5 heteroatoms. The summed E-state index contributed by atoms with van der Waals surface area (Å²) in [5.74, 6) is 2.90. The highest BCUT2D eigenvalue weighted by atomic mass is 16.5. The van der Waals surface area contributed by atoms with Crippen LogP contribution in [0, 0.1) is 12.3 Å². The van der Waals surface area contributed by atoms with Crippen molar-refractivity contribution in [1.82, 2.24) is 5.32 Å². The van der Waals surface area contributed by atoms with Gasteiger partial charge < -0.3 is 20.1 Å². The number of rotatable bonds is 7. The van der Waals surface area contributed by atoms with Crippen LogP contribution in [0.25, 0.3) is 0 Å². The summed E-state index contributed by atoms with van der Waals surface area (Å²) in [6.45, 7) is 1.26. The van der Waals surface area contributed by atoms with Gasteiger partial charge in [0.2, 0.25) is 0 Å². The van der Waals surface area contributed by atoms with Crippen LogP contribution < -0.4 is 15.4 Å². The first-order valence-electron chi connectivity index (χ1n) is 5.88. The van der Waals surface area contributed by atoms with Gasteiger partial charge in [0.15, 0.2) is 0 Å². The molecule has 102 valence electrons. The van der Waals surface area contributed by atoms with E-state index in [0.29, 0.717) is 31.1 Å². The Bertz CT molecular complexity index is 466. The van der Waals surface area contributed by atoms with Crippen molar-refractivity contribution in [3.63, 3.8) is 0 Å².